The maximum absolute atomic E-state index is 12.6. The Morgan fingerprint density at radius 1 is 0.724 bits per heavy atom. The average molecular weight is 390 g/mol. The number of rotatable bonds is 6. The van der Waals surface area contributed by atoms with Crippen molar-refractivity contribution in [3.8, 4) is 11.5 Å². The van der Waals surface area contributed by atoms with E-state index in [2.05, 4.69) is 10.6 Å². The molecule has 0 atom stereocenters. The molecule has 0 aliphatic heterocycles. The summed E-state index contributed by atoms with van der Waals surface area (Å²) < 4.78 is 10.4. The molecule has 29 heavy (non-hydrogen) atoms. The van der Waals surface area contributed by atoms with Crippen LogP contribution >= 0.6 is 0 Å². The molecule has 0 saturated carbocycles. The number of benzene rings is 3. The Balaban J connectivity index is 1.77. The van der Waals surface area contributed by atoms with Crippen LogP contribution < -0.4 is 20.1 Å². The number of amides is 2. The summed E-state index contributed by atoms with van der Waals surface area (Å²) in [5.74, 6) is -0.521. The largest absolute Gasteiger partial charge is 0.493 e. The average Bonchev–Trinajstić information content (AvgIpc) is 2.78. The second kappa shape index (κ2) is 9.41. The normalized spacial score (nSPS) is 10.3. The van der Waals surface area contributed by atoms with E-state index in [0.29, 0.717) is 17.2 Å². The minimum Gasteiger partial charge on any atom is -0.493 e. The summed E-state index contributed by atoms with van der Waals surface area (Å²) in [6.07, 6.45) is 0. The molecule has 2 N–H and O–H groups in total. The molecule has 3 aromatic carbocycles. The zero-order chi connectivity index (χ0) is 20.6. The first-order valence-electron chi connectivity index (χ1n) is 9.06. The Morgan fingerprint density at radius 3 is 1.79 bits per heavy atom. The number of carbonyl (C=O) groups is 2. The summed E-state index contributed by atoms with van der Waals surface area (Å²) in [7, 11) is 3.03. The summed E-state index contributed by atoms with van der Waals surface area (Å²) >= 11 is 0. The zero-order valence-corrected chi connectivity index (χ0v) is 16.2. The fourth-order valence-electron chi connectivity index (χ4n) is 2.95. The van der Waals surface area contributed by atoms with Crippen molar-refractivity contribution < 1.29 is 19.1 Å². The molecular formula is C23H22N2O4. The van der Waals surface area contributed by atoms with Gasteiger partial charge in [-0.25, -0.2) is 0 Å². The second-order valence-corrected chi connectivity index (χ2v) is 6.25. The molecule has 2 amide bonds. The maximum atomic E-state index is 12.6. The van der Waals surface area contributed by atoms with Gasteiger partial charge in [-0.2, -0.15) is 0 Å². The minimum absolute atomic E-state index is 0.429. The van der Waals surface area contributed by atoms with Crippen LogP contribution in [0.4, 0.5) is 5.69 Å². The lowest BCUT2D eigenvalue weighted by Crippen LogP contribution is -2.38. The van der Waals surface area contributed by atoms with Gasteiger partial charge in [0.2, 0.25) is 0 Å². The Kier molecular flexibility index (Phi) is 6.47. The van der Waals surface area contributed by atoms with Crippen LogP contribution in [0.3, 0.4) is 0 Å². The number of ether oxygens (including phenoxy) is 2. The molecule has 0 aliphatic rings. The van der Waals surface area contributed by atoms with Crippen LogP contribution in [0.1, 0.15) is 17.2 Å². The van der Waals surface area contributed by atoms with E-state index in [0.717, 1.165) is 11.1 Å². The number of anilines is 1. The molecule has 0 spiro atoms. The van der Waals surface area contributed by atoms with Crippen LogP contribution in [0.5, 0.6) is 11.5 Å². The third-order valence-electron chi connectivity index (χ3n) is 4.39. The first-order chi connectivity index (χ1) is 14.1. The van der Waals surface area contributed by atoms with Gasteiger partial charge < -0.3 is 20.1 Å². The maximum Gasteiger partial charge on any atom is 0.313 e. The van der Waals surface area contributed by atoms with Gasteiger partial charge in [-0.05, 0) is 23.3 Å². The minimum atomic E-state index is -0.769. The molecule has 3 rings (SSSR count). The molecule has 148 valence electrons. The first kappa shape index (κ1) is 19.9. The lowest BCUT2D eigenvalue weighted by Gasteiger charge is -2.19. The van der Waals surface area contributed by atoms with E-state index < -0.39 is 17.9 Å². The van der Waals surface area contributed by atoms with Crippen molar-refractivity contribution in [1.82, 2.24) is 5.32 Å². The van der Waals surface area contributed by atoms with E-state index >= 15 is 0 Å². The molecule has 0 bridgehead atoms. The monoisotopic (exact) mass is 390 g/mol. The number of methoxy groups -OCH3 is 2. The van der Waals surface area contributed by atoms with Gasteiger partial charge in [0.1, 0.15) is 0 Å². The summed E-state index contributed by atoms with van der Waals surface area (Å²) in [5, 5.41) is 5.40. The van der Waals surface area contributed by atoms with Crippen LogP contribution in [0.25, 0.3) is 0 Å². The van der Waals surface area contributed by atoms with Crippen LogP contribution in [-0.2, 0) is 9.59 Å². The van der Waals surface area contributed by atoms with Crippen molar-refractivity contribution in [3.05, 3.63) is 90.0 Å². The van der Waals surface area contributed by atoms with Crippen molar-refractivity contribution in [2.75, 3.05) is 19.5 Å². The standard InChI is InChI=1S/C23H22N2O4/c1-28-19-14-13-18(15-20(19)29-2)24-22(26)23(27)25-21(16-9-5-3-6-10-16)17-11-7-4-8-12-17/h3-15,21H,1-2H3,(H,24,26)(H,25,27). The summed E-state index contributed by atoms with van der Waals surface area (Å²) in [5.41, 5.74) is 2.19. The van der Waals surface area contributed by atoms with Gasteiger partial charge >= 0.3 is 11.8 Å². The van der Waals surface area contributed by atoms with Gasteiger partial charge in [0.15, 0.2) is 11.5 Å². The van der Waals surface area contributed by atoms with E-state index in [1.807, 2.05) is 60.7 Å². The molecule has 0 heterocycles. The molecule has 0 radical (unpaired) electrons. The predicted octanol–water partition coefficient (Wildman–Crippen LogP) is 3.55. The van der Waals surface area contributed by atoms with Crippen molar-refractivity contribution >= 4 is 17.5 Å². The fourth-order valence-corrected chi connectivity index (χ4v) is 2.95. The molecule has 0 aromatic heterocycles. The van der Waals surface area contributed by atoms with Crippen LogP contribution in [-0.4, -0.2) is 26.0 Å². The van der Waals surface area contributed by atoms with Crippen molar-refractivity contribution in [2.24, 2.45) is 0 Å². The van der Waals surface area contributed by atoms with Crippen LogP contribution in [0, 0.1) is 0 Å². The Bertz CT molecular complexity index is 935. The highest BCUT2D eigenvalue weighted by Crippen LogP contribution is 2.29. The number of nitrogens with one attached hydrogen (secondary N) is 2. The summed E-state index contributed by atoms with van der Waals surface area (Å²) in [6.45, 7) is 0. The van der Waals surface area contributed by atoms with Gasteiger partial charge in [-0.3, -0.25) is 9.59 Å². The van der Waals surface area contributed by atoms with Gasteiger partial charge in [0, 0.05) is 11.8 Å². The SMILES string of the molecule is COc1ccc(NC(=O)C(=O)NC(c2ccccc2)c2ccccc2)cc1OC. The van der Waals surface area contributed by atoms with E-state index in [1.54, 1.807) is 18.2 Å². The highest BCUT2D eigenvalue weighted by Gasteiger charge is 2.21. The molecule has 6 nitrogen and oxygen atoms in total. The van der Waals surface area contributed by atoms with Crippen molar-refractivity contribution in [1.29, 1.82) is 0 Å². The smallest absolute Gasteiger partial charge is 0.313 e. The Hall–Kier alpha value is -3.80. The Labute approximate surface area is 169 Å². The quantitative estimate of drug-likeness (QED) is 0.631. The molecule has 0 unspecified atom stereocenters. The van der Waals surface area contributed by atoms with Gasteiger partial charge in [0.05, 0.1) is 20.3 Å². The van der Waals surface area contributed by atoms with E-state index in [4.69, 9.17) is 9.47 Å². The van der Waals surface area contributed by atoms with Crippen molar-refractivity contribution in [3.63, 3.8) is 0 Å². The highest BCUT2D eigenvalue weighted by atomic mass is 16.5. The van der Waals surface area contributed by atoms with Gasteiger partial charge in [-0.15, -0.1) is 0 Å². The Morgan fingerprint density at radius 2 is 1.28 bits per heavy atom. The van der Waals surface area contributed by atoms with Crippen LogP contribution in [0.2, 0.25) is 0 Å². The molecule has 0 fully saturated rings. The third kappa shape index (κ3) is 4.93. The summed E-state index contributed by atoms with van der Waals surface area (Å²) in [6, 6.07) is 23.4. The first-order valence-corrected chi connectivity index (χ1v) is 9.06. The third-order valence-corrected chi connectivity index (χ3v) is 4.39. The van der Waals surface area contributed by atoms with Gasteiger partial charge in [0.25, 0.3) is 0 Å². The topological polar surface area (TPSA) is 76.7 Å². The lowest BCUT2D eigenvalue weighted by atomic mass is 9.99. The summed E-state index contributed by atoms with van der Waals surface area (Å²) in [4.78, 5) is 25.1. The van der Waals surface area contributed by atoms with E-state index in [9.17, 15) is 9.59 Å². The zero-order valence-electron chi connectivity index (χ0n) is 16.2. The van der Waals surface area contributed by atoms with E-state index in [1.165, 1.54) is 14.2 Å². The van der Waals surface area contributed by atoms with Crippen LogP contribution in [0.15, 0.2) is 78.9 Å². The molecular weight excluding hydrogens is 368 g/mol. The second-order valence-electron chi connectivity index (χ2n) is 6.25. The molecule has 6 heteroatoms. The molecule has 3 aromatic rings. The van der Waals surface area contributed by atoms with Crippen molar-refractivity contribution in [2.45, 2.75) is 6.04 Å². The molecule has 0 saturated heterocycles. The van der Waals surface area contributed by atoms with E-state index in [-0.39, 0.29) is 0 Å². The number of hydrogen-bond acceptors (Lipinski definition) is 4. The highest BCUT2D eigenvalue weighted by molar-refractivity contribution is 6.39. The van der Waals surface area contributed by atoms with Gasteiger partial charge in [-0.1, -0.05) is 60.7 Å². The molecule has 0 aliphatic carbocycles. The lowest BCUT2D eigenvalue weighted by molar-refractivity contribution is -0.136. The fraction of sp³-hybridized carbons (Fsp3) is 0.130. The number of carbonyl (C=O) groups excluding carboxylic acids is 2. The predicted molar refractivity (Wildman–Crippen MR) is 111 cm³/mol. The number of hydrogen-bond donors (Lipinski definition) is 2.